The van der Waals surface area contributed by atoms with Crippen LogP contribution >= 0.6 is 24.0 Å². The van der Waals surface area contributed by atoms with Crippen molar-refractivity contribution >= 4 is 35.8 Å². The number of aromatic nitrogens is 1. The number of aliphatic imine (C=N–C) groups is 1. The summed E-state index contributed by atoms with van der Waals surface area (Å²) < 4.78 is 5.49. The van der Waals surface area contributed by atoms with E-state index in [9.17, 15) is 0 Å². The highest BCUT2D eigenvalue weighted by Crippen LogP contribution is 2.16. The van der Waals surface area contributed by atoms with Crippen molar-refractivity contribution in [3.05, 3.63) is 23.9 Å². The van der Waals surface area contributed by atoms with Crippen LogP contribution < -0.4 is 15.5 Å². The fourth-order valence-electron chi connectivity index (χ4n) is 4.08. The lowest BCUT2D eigenvalue weighted by atomic mass is 10.0. The number of halogens is 1. The van der Waals surface area contributed by atoms with E-state index in [-0.39, 0.29) is 29.5 Å². The molecule has 2 N–H and O–H groups in total. The number of hydrogen-bond acceptors (Lipinski definition) is 6. The van der Waals surface area contributed by atoms with E-state index in [0.717, 1.165) is 89.5 Å². The van der Waals surface area contributed by atoms with E-state index in [1.165, 1.54) is 0 Å². The highest BCUT2D eigenvalue weighted by Gasteiger charge is 2.28. The van der Waals surface area contributed by atoms with Crippen molar-refractivity contribution in [3.8, 4) is 0 Å². The van der Waals surface area contributed by atoms with E-state index in [0.29, 0.717) is 6.54 Å². The number of hydrogen-bond donors (Lipinski definition) is 2. The van der Waals surface area contributed by atoms with Gasteiger partial charge in [0.2, 0.25) is 0 Å². The summed E-state index contributed by atoms with van der Waals surface area (Å²) in [5.41, 5.74) is 1.17. The lowest BCUT2D eigenvalue weighted by Gasteiger charge is -2.41. The molecule has 0 aliphatic carbocycles. The normalized spacial score (nSPS) is 18.9. The first-order chi connectivity index (χ1) is 15.0. The van der Waals surface area contributed by atoms with Crippen molar-refractivity contribution in [2.24, 2.45) is 4.99 Å². The van der Waals surface area contributed by atoms with Gasteiger partial charge in [-0.1, -0.05) is 13.0 Å². The Morgan fingerprint density at radius 2 is 1.78 bits per heavy atom. The van der Waals surface area contributed by atoms with E-state index in [1.54, 1.807) is 0 Å². The molecule has 0 bridgehead atoms. The SMILES string of the molecule is CCNC(=NCc1ccc(N2CCN(CC)CC2)nc1)NCC(C)(C)N1CCOCC1.I. The van der Waals surface area contributed by atoms with Gasteiger partial charge in [-0.05, 0) is 38.9 Å². The predicted octanol–water partition coefficient (Wildman–Crippen LogP) is 2.01. The van der Waals surface area contributed by atoms with Crippen LogP contribution in [-0.4, -0.2) is 98.4 Å². The molecule has 182 valence electrons. The van der Waals surface area contributed by atoms with Gasteiger partial charge in [-0.3, -0.25) is 4.90 Å². The van der Waals surface area contributed by atoms with Gasteiger partial charge >= 0.3 is 0 Å². The molecule has 0 atom stereocenters. The van der Waals surface area contributed by atoms with E-state index < -0.39 is 0 Å². The molecule has 2 saturated heterocycles. The van der Waals surface area contributed by atoms with Gasteiger partial charge in [0, 0.05) is 64.1 Å². The number of guanidine groups is 1. The molecule has 32 heavy (non-hydrogen) atoms. The lowest BCUT2D eigenvalue weighted by Crippen LogP contribution is -2.56. The minimum Gasteiger partial charge on any atom is -0.379 e. The molecule has 9 heteroatoms. The van der Waals surface area contributed by atoms with Crippen LogP contribution in [-0.2, 0) is 11.3 Å². The highest BCUT2D eigenvalue weighted by atomic mass is 127. The molecule has 1 aromatic rings. The fourth-order valence-corrected chi connectivity index (χ4v) is 4.08. The topological polar surface area (TPSA) is 68.3 Å². The molecule has 0 aromatic carbocycles. The maximum atomic E-state index is 5.49. The van der Waals surface area contributed by atoms with Gasteiger partial charge in [0.1, 0.15) is 5.82 Å². The van der Waals surface area contributed by atoms with Crippen LogP contribution in [0.2, 0.25) is 0 Å². The minimum absolute atomic E-state index is 0. The van der Waals surface area contributed by atoms with Crippen LogP contribution in [0.25, 0.3) is 0 Å². The molecule has 0 spiro atoms. The van der Waals surface area contributed by atoms with Crippen molar-refractivity contribution in [3.63, 3.8) is 0 Å². The molecule has 0 radical (unpaired) electrons. The molecule has 2 fully saturated rings. The molecule has 3 heterocycles. The largest absolute Gasteiger partial charge is 0.379 e. The summed E-state index contributed by atoms with van der Waals surface area (Å²) in [6, 6.07) is 4.29. The molecule has 2 aliphatic heterocycles. The Hall–Kier alpha value is -1.17. The Morgan fingerprint density at radius 1 is 1.06 bits per heavy atom. The standard InChI is InChI=1S/C23H41N7O.HI/c1-5-24-22(27-19-23(3,4)30-13-15-31-16-14-30)26-18-20-7-8-21(25-17-20)29-11-9-28(6-2)10-12-29;/h7-8,17H,5-6,9-16,18-19H2,1-4H3,(H2,24,26,27);1H. The van der Waals surface area contributed by atoms with Gasteiger partial charge in [-0.15, -0.1) is 24.0 Å². The first-order valence-corrected chi connectivity index (χ1v) is 11.8. The zero-order valence-electron chi connectivity index (χ0n) is 20.3. The molecule has 0 unspecified atom stereocenters. The van der Waals surface area contributed by atoms with Crippen molar-refractivity contribution in [2.75, 3.05) is 77.0 Å². The third-order valence-corrected chi connectivity index (χ3v) is 6.27. The Balaban J connectivity index is 0.00000363. The number of nitrogens with one attached hydrogen (secondary N) is 2. The maximum absolute atomic E-state index is 5.49. The molecule has 0 amide bonds. The van der Waals surface area contributed by atoms with Crippen molar-refractivity contribution in [1.29, 1.82) is 0 Å². The maximum Gasteiger partial charge on any atom is 0.191 e. The first-order valence-electron chi connectivity index (χ1n) is 11.8. The van der Waals surface area contributed by atoms with Gasteiger partial charge in [-0.25, -0.2) is 9.98 Å². The molecule has 2 aliphatic rings. The zero-order chi connectivity index (χ0) is 22.1. The number of pyridine rings is 1. The molecular formula is C23H42IN7O. The zero-order valence-corrected chi connectivity index (χ0v) is 22.6. The van der Waals surface area contributed by atoms with E-state index in [1.807, 2.05) is 6.20 Å². The van der Waals surface area contributed by atoms with E-state index in [4.69, 9.17) is 14.7 Å². The number of ether oxygens (including phenoxy) is 1. The van der Waals surface area contributed by atoms with Crippen LogP contribution in [0, 0.1) is 0 Å². The second kappa shape index (κ2) is 13.5. The summed E-state index contributed by atoms with van der Waals surface area (Å²) >= 11 is 0. The van der Waals surface area contributed by atoms with Crippen LogP contribution in [0.1, 0.15) is 33.3 Å². The van der Waals surface area contributed by atoms with Crippen molar-refractivity contribution in [1.82, 2.24) is 25.4 Å². The number of piperazine rings is 1. The molecule has 8 nitrogen and oxygen atoms in total. The van der Waals surface area contributed by atoms with Crippen LogP contribution in [0.4, 0.5) is 5.82 Å². The number of rotatable bonds is 8. The summed E-state index contributed by atoms with van der Waals surface area (Å²) in [4.78, 5) is 16.8. The van der Waals surface area contributed by atoms with Crippen LogP contribution in [0.15, 0.2) is 23.3 Å². The second-order valence-electron chi connectivity index (χ2n) is 8.91. The summed E-state index contributed by atoms with van der Waals surface area (Å²) in [5, 5.41) is 6.89. The van der Waals surface area contributed by atoms with E-state index >= 15 is 0 Å². The minimum atomic E-state index is 0. The summed E-state index contributed by atoms with van der Waals surface area (Å²) in [7, 11) is 0. The summed E-state index contributed by atoms with van der Waals surface area (Å²) in [6.07, 6.45) is 1.96. The van der Waals surface area contributed by atoms with Crippen molar-refractivity contribution in [2.45, 2.75) is 39.8 Å². The number of anilines is 1. The Morgan fingerprint density at radius 3 is 2.38 bits per heavy atom. The van der Waals surface area contributed by atoms with Gasteiger partial charge in [-0.2, -0.15) is 0 Å². The molecular weight excluding hydrogens is 517 g/mol. The second-order valence-corrected chi connectivity index (χ2v) is 8.91. The van der Waals surface area contributed by atoms with Crippen molar-refractivity contribution < 1.29 is 4.74 Å². The smallest absolute Gasteiger partial charge is 0.191 e. The van der Waals surface area contributed by atoms with Gasteiger partial charge in [0.25, 0.3) is 0 Å². The first kappa shape index (κ1) is 27.1. The Bertz CT molecular complexity index is 684. The lowest BCUT2D eigenvalue weighted by molar-refractivity contribution is -0.00834. The van der Waals surface area contributed by atoms with Crippen LogP contribution in [0.5, 0.6) is 0 Å². The quantitative estimate of drug-likeness (QED) is 0.287. The molecule has 0 saturated carbocycles. The average Bonchev–Trinajstić information content (AvgIpc) is 2.82. The summed E-state index contributed by atoms with van der Waals surface area (Å²) in [5.74, 6) is 1.92. The van der Waals surface area contributed by atoms with Gasteiger partial charge in [0.15, 0.2) is 5.96 Å². The number of morpholine rings is 1. The summed E-state index contributed by atoms with van der Waals surface area (Å²) in [6.45, 7) is 20.2. The Labute approximate surface area is 211 Å². The third kappa shape index (κ3) is 8.00. The third-order valence-electron chi connectivity index (χ3n) is 6.27. The molecule has 1 aromatic heterocycles. The fraction of sp³-hybridized carbons (Fsp3) is 0.739. The highest BCUT2D eigenvalue weighted by molar-refractivity contribution is 14.0. The molecule has 3 rings (SSSR count). The number of likely N-dealkylation sites (N-methyl/N-ethyl adjacent to an activating group) is 1. The predicted molar refractivity (Wildman–Crippen MR) is 143 cm³/mol. The van der Waals surface area contributed by atoms with Crippen LogP contribution in [0.3, 0.4) is 0 Å². The Kier molecular flexibility index (Phi) is 11.4. The van der Waals surface area contributed by atoms with E-state index in [2.05, 4.69) is 65.2 Å². The number of nitrogens with zero attached hydrogens (tertiary/aromatic N) is 5. The van der Waals surface area contributed by atoms with Gasteiger partial charge < -0.3 is 25.2 Å². The van der Waals surface area contributed by atoms with Gasteiger partial charge in [0.05, 0.1) is 19.8 Å². The monoisotopic (exact) mass is 559 g/mol. The average molecular weight is 560 g/mol.